The molecule has 30 heavy (non-hydrogen) atoms. The van der Waals surface area contributed by atoms with Crippen molar-refractivity contribution in [2.75, 3.05) is 12.3 Å². The Labute approximate surface area is 191 Å². The Bertz CT molecular complexity index is 1160. The first kappa shape index (κ1) is 21.2. The number of fused-ring (bicyclic) bond motifs is 1. The fraction of sp³-hybridized carbons (Fsp3) is 0.190. The molecular weight excluding hydrogens is 458 g/mol. The van der Waals surface area contributed by atoms with Gasteiger partial charge in [-0.1, -0.05) is 52.9 Å². The normalized spacial score (nSPS) is 11.1. The summed E-state index contributed by atoms with van der Waals surface area (Å²) in [6.07, 6.45) is 0. The van der Waals surface area contributed by atoms with Crippen molar-refractivity contribution in [1.82, 2.24) is 15.5 Å². The van der Waals surface area contributed by atoms with E-state index in [9.17, 15) is 4.79 Å². The lowest BCUT2D eigenvalue weighted by molar-refractivity contribution is 0.0929. The maximum Gasteiger partial charge on any atom is 0.287 e. The third kappa shape index (κ3) is 5.18. The summed E-state index contributed by atoms with van der Waals surface area (Å²) < 4.78 is 6.78. The lowest BCUT2D eigenvalue weighted by Gasteiger charge is -2.05. The molecule has 154 valence electrons. The van der Waals surface area contributed by atoms with Gasteiger partial charge in [0.25, 0.3) is 5.91 Å². The first-order valence-electron chi connectivity index (χ1n) is 9.20. The number of aryl methyl sites for hydroxylation is 1. The van der Waals surface area contributed by atoms with Crippen molar-refractivity contribution in [3.63, 3.8) is 0 Å². The maximum atomic E-state index is 12.8. The SMILES string of the molecule is Cc1nnc(SCc2c(C(=O)NCCSc3ccc(Cl)cc3)oc3ccccc23)s1. The predicted octanol–water partition coefficient (Wildman–Crippen LogP) is 6.06. The number of halogens is 1. The number of aromatic nitrogens is 2. The predicted molar refractivity (Wildman–Crippen MR) is 125 cm³/mol. The molecule has 4 rings (SSSR count). The van der Waals surface area contributed by atoms with Crippen LogP contribution in [0.3, 0.4) is 0 Å². The number of para-hydroxylation sites is 1. The van der Waals surface area contributed by atoms with Crippen LogP contribution in [0.5, 0.6) is 0 Å². The number of hydrogen-bond acceptors (Lipinski definition) is 7. The molecule has 0 spiro atoms. The van der Waals surface area contributed by atoms with Crippen molar-refractivity contribution in [2.45, 2.75) is 21.9 Å². The second kappa shape index (κ2) is 9.87. The summed E-state index contributed by atoms with van der Waals surface area (Å²) in [6, 6.07) is 15.4. The molecule has 5 nitrogen and oxygen atoms in total. The molecule has 0 aliphatic carbocycles. The Balaban J connectivity index is 1.42. The second-order valence-corrected chi connectivity index (χ2v) is 10.3. The Morgan fingerprint density at radius 2 is 1.93 bits per heavy atom. The highest BCUT2D eigenvalue weighted by Crippen LogP contribution is 2.33. The van der Waals surface area contributed by atoms with Crippen LogP contribution in [0.25, 0.3) is 11.0 Å². The van der Waals surface area contributed by atoms with Gasteiger partial charge in [0.1, 0.15) is 10.6 Å². The molecule has 0 fully saturated rings. The monoisotopic (exact) mass is 475 g/mol. The minimum Gasteiger partial charge on any atom is -0.451 e. The molecule has 0 aliphatic heterocycles. The molecule has 1 N–H and O–H groups in total. The first-order chi connectivity index (χ1) is 14.6. The van der Waals surface area contributed by atoms with Crippen molar-refractivity contribution in [3.05, 3.63) is 69.9 Å². The summed E-state index contributed by atoms with van der Waals surface area (Å²) in [5.41, 5.74) is 1.59. The third-order valence-corrected chi connectivity index (χ3v) is 7.49. The molecule has 0 atom stereocenters. The van der Waals surface area contributed by atoms with Crippen LogP contribution in [0.15, 0.2) is 62.2 Å². The van der Waals surface area contributed by atoms with E-state index in [1.54, 1.807) is 34.9 Å². The largest absolute Gasteiger partial charge is 0.451 e. The minimum absolute atomic E-state index is 0.202. The lowest BCUT2D eigenvalue weighted by Crippen LogP contribution is -2.26. The number of furan rings is 1. The zero-order valence-corrected chi connectivity index (χ0v) is 19.3. The molecular formula is C21H18ClN3O2S3. The van der Waals surface area contributed by atoms with E-state index in [-0.39, 0.29) is 5.91 Å². The molecule has 2 heterocycles. The lowest BCUT2D eigenvalue weighted by atomic mass is 10.1. The van der Waals surface area contributed by atoms with Gasteiger partial charge >= 0.3 is 0 Å². The van der Waals surface area contributed by atoms with E-state index in [4.69, 9.17) is 16.0 Å². The smallest absolute Gasteiger partial charge is 0.287 e. The quantitative estimate of drug-likeness (QED) is 0.247. The molecule has 0 aliphatic rings. The molecule has 2 aromatic heterocycles. The van der Waals surface area contributed by atoms with Crippen molar-refractivity contribution in [3.8, 4) is 0 Å². The topological polar surface area (TPSA) is 68.0 Å². The molecule has 0 bridgehead atoms. The molecule has 0 saturated carbocycles. The molecule has 1 amide bonds. The average Bonchev–Trinajstić information content (AvgIpc) is 3.34. The van der Waals surface area contributed by atoms with Crippen LogP contribution in [0.1, 0.15) is 21.1 Å². The first-order valence-corrected chi connectivity index (χ1v) is 12.4. The van der Waals surface area contributed by atoms with E-state index in [0.717, 1.165) is 30.9 Å². The zero-order chi connectivity index (χ0) is 20.9. The van der Waals surface area contributed by atoms with E-state index in [0.29, 0.717) is 28.7 Å². The highest BCUT2D eigenvalue weighted by Gasteiger charge is 2.20. The van der Waals surface area contributed by atoms with E-state index >= 15 is 0 Å². The fourth-order valence-corrected chi connectivity index (χ4v) is 5.58. The van der Waals surface area contributed by atoms with Crippen molar-refractivity contribution < 1.29 is 9.21 Å². The van der Waals surface area contributed by atoms with Gasteiger partial charge in [0.15, 0.2) is 10.1 Å². The summed E-state index contributed by atoms with van der Waals surface area (Å²) in [6.45, 7) is 2.46. The van der Waals surface area contributed by atoms with Gasteiger partial charge in [-0.05, 0) is 37.3 Å². The summed E-state index contributed by atoms with van der Waals surface area (Å²) in [7, 11) is 0. The van der Waals surface area contributed by atoms with Gasteiger partial charge in [0.2, 0.25) is 0 Å². The van der Waals surface area contributed by atoms with Crippen LogP contribution < -0.4 is 5.32 Å². The van der Waals surface area contributed by atoms with Crippen LogP contribution in [0.4, 0.5) is 0 Å². The molecule has 0 unspecified atom stereocenters. The number of carbonyl (C=O) groups excluding carboxylic acids is 1. The zero-order valence-electron chi connectivity index (χ0n) is 16.1. The van der Waals surface area contributed by atoms with Gasteiger partial charge in [-0.15, -0.1) is 22.0 Å². The number of hydrogen-bond donors (Lipinski definition) is 1. The summed E-state index contributed by atoms with van der Waals surface area (Å²) in [4.78, 5) is 14.0. The van der Waals surface area contributed by atoms with Gasteiger partial charge < -0.3 is 9.73 Å². The molecule has 0 saturated heterocycles. The number of carbonyl (C=O) groups is 1. The number of thioether (sulfide) groups is 2. The van der Waals surface area contributed by atoms with E-state index in [2.05, 4.69) is 15.5 Å². The van der Waals surface area contributed by atoms with Crippen LogP contribution in [-0.2, 0) is 5.75 Å². The Hall–Kier alpha value is -2.00. The Kier molecular flexibility index (Phi) is 6.99. The van der Waals surface area contributed by atoms with Gasteiger partial charge in [-0.25, -0.2) is 0 Å². The highest BCUT2D eigenvalue weighted by atomic mass is 35.5. The van der Waals surface area contributed by atoms with Crippen LogP contribution >= 0.6 is 46.5 Å². The number of nitrogens with zero attached hydrogens (tertiary/aromatic N) is 2. The molecule has 0 radical (unpaired) electrons. The van der Waals surface area contributed by atoms with Gasteiger partial charge in [0, 0.05) is 38.9 Å². The summed E-state index contributed by atoms with van der Waals surface area (Å²) in [5, 5.41) is 13.8. The number of amides is 1. The highest BCUT2D eigenvalue weighted by molar-refractivity contribution is 8.00. The molecule has 2 aromatic carbocycles. The molecule has 9 heteroatoms. The van der Waals surface area contributed by atoms with Crippen molar-refractivity contribution in [1.29, 1.82) is 0 Å². The van der Waals surface area contributed by atoms with Crippen LogP contribution in [-0.4, -0.2) is 28.4 Å². The van der Waals surface area contributed by atoms with Gasteiger partial charge in [-0.2, -0.15) is 0 Å². The van der Waals surface area contributed by atoms with E-state index in [1.807, 2.05) is 55.5 Å². The van der Waals surface area contributed by atoms with Crippen molar-refractivity contribution >= 4 is 63.3 Å². The summed E-state index contributed by atoms with van der Waals surface area (Å²) >= 11 is 10.7. The van der Waals surface area contributed by atoms with Crippen LogP contribution in [0, 0.1) is 6.92 Å². The number of benzene rings is 2. The number of rotatable bonds is 8. The second-order valence-electron chi connectivity index (χ2n) is 6.34. The fourth-order valence-electron chi connectivity index (χ4n) is 2.84. The average molecular weight is 476 g/mol. The third-order valence-electron chi connectivity index (χ3n) is 4.22. The summed E-state index contributed by atoms with van der Waals surface area (Å²) in [5.74, 6) is 1.50. The van der Waals surface area contributed by atoms with Gasteiger partial charge in [0.05, 0.1) is 0 Å². The Morgan fingerprint density at radius 1 is 1.13 bits per heavy atom. The van der Waals surface area contributed by atoms with Gasteiger partial charge in [-0.3, -0.25) is 4.79 Å². The van der Waals surface area contributed by atoms with E-state index < -0.39 is 0 Å². The standard InChI is InChI=1S/C21H18ClN3O2S3/c1-13-24-25-21(30-13)29-12-17-16-4-2-3-5-18(16)27-19(17)20(26)23-10-11-28-15-8-6-14(22)7-9-15/h2-9H,10-12H2,1H3,(H,23,26). The minimum atomic E-state index is -0.202. The van der Waals surface area contributed by atoms with Crippen LogP contribution in [0.2, 0.25) is 5.02 Å². The number of nitrogens with one attached hydrogen (secondary N) is 1. The van der Waals surface area contributed by atoms with Crippen molar-refractivity contribution in [2.24, 2.45) is 0 Å². The molecule has 4 aromatic rings. The Morgan fingerprint density at radius 3 is 2.70 bits per heavy atom. The van der Waals surface area contributed by atoms with E-state index in [1.165, 1.54) is 0 Å². The maximum absolute atomic E-state index is 12.8.